The first-order chi connectivity index (χ1) is 14.9. The maximum Gasteiger partial charge on any atom is 0.170 e. The van der Waals surface area contributed by atoms with E-state index in [4.69, 9.17) is 14.2 Å². The van der Waals surface area contributed by atoms with Gasteiger partial charge in [-0.1, -0.05) is 20.4 Å². The van der Waals surface area contributed by atoms with Crippen LogP contribution in [0.2, 0.25) is 0 Å². The Morgan fingerprint density at radius 1 is 0.818 bits per heavy atom. The summed E-state index contributed by atoms with van der Waals surface area (Å²) in [7, 11) is 0. The summed E-state index contributed by atoms with van der Waals surface area (Å²) in [4.78, 5) is 8.52. The van der Waals surface area contributed by atoms with Gasteiger partial charge in [-0.2, -0.15) is 0 Å². The van der Waals surface area contributed by atoms with Crippen LogP contribution < -0.4 is 0 Å². The highest BCUT2D eigenvalue weighted by molar-refractivity contribution is 5.82. The first-order valence-electron chi connectivity index (χ1n) is 12.6. The first kappa shape index (κ1) is 36.2. The molecule has 0 aliphatic carbocycles. The van der Waals surface area contributed by atoms with Crippen molar-refractivity contribution >= 4 is 12.1 Å². The highest BCUT2D eigenvalue weighted by atomic mass is 16.5. The quantitative estimate of drug-likeness (QED) is 0.164. The second kappa shape index (κ2) is 20.1. The van der Waals surface area contributed by atoms with E-state index in [-0.39, 0.29) is 23.9 Å². The van der Waals surface area contributed by atoms with Crippen molar-refractivity contribution in [2.75, 3.05) is 0 Å². The Hall–Kier alpha value is -1.36. The van der Waals surface area contributed by atoms with Crippen LogP contribution in [0.1, 0.15) is 117 Å². The second-order valence-corrected chi connectivity index (χ2v) is 10.9. The molecule has 0 saturated carbocycles. The minimum absolute atomic E-state index is 0.101. The van der Waals surface area contributed by atoms with Crippen molar-refractivity contribution in [1.82, 2.24) is 0 Å². The highest BCUT2D eigenvalue weighted by Crippen LogP contribution is 2.18. The van der Waals surface area contributed by atoms with Crippen molar-refractivity contribution in [2.24, 2.45) is 15.9 Å². The molecular formula is C28H58N2O3. The van der Waals surface area contributed by atoms with E-state index >= 15 is 0 Å². The normalized spacial score (nSPS) is 12.5. The number of rotatable bonds is 12. The molecule has 0 fully saturated rings. The highest BCUT2D eigenvalue weighted by Gasteiger charge is 2.21. The van der Waals surface area contributed by atoms with Crippen molar-refractivity contribution in [2.45, 2.75) is 153 Å². The summed E-state index contributed by atoms with van der Waals surface area (Å²) in [5.41, 5.74) is 1.07. The zero-order valence-electron chi connectivity index (χ0n) is 24.8. The Balaban J connectivity index is -0.000000423. The minimum atomic E-state index is -0.101. The summed E-state index contributed by atoms with van der Waals surface area (Å²) in [6.45, 7) is 34.8. The third kappa shape index (κ3) is 35.4. The van der Waals surface area contributed by atoms with E-state index in [1.54, 1.807) is 0 Å². The molecule has 0 amide bonds. The third-order valence-corrected chi connectivity index (χ3v) is 3.45. The van der Waals surface area contributed by atoms with Crippen molar-refractivity contribution in [1.29, 1.82) is 0 Å². The molecule has 0 saturated heterocycles. The van der Waals surface area contributed by atoms with Gasteiger partial charge in [-0.05, 0) is 95.9 Å². The van der Waals surface area contributed by atoms with Gasteiger partial charge in [0.05, 0.1) is 29.7 Å². The standard InChI is InChI=1S/C12H25NO.C9H18O.C7H15NO/c1-9(2)13-11(5)8-12(6,7)14-10(3)4;1-7(2)6-9(5)10-8(3)4;1-6(2)8-5-9-7(3)4/h9-10H,8H2,1-7H3;7-8H,5-6H2,1-4H3;5-7H,1-4H3. The van der Waals surface area contributed by atoms with E-state index < -0.39 is 0 Å². The van der Waals surface area contributed by atoms with Crippen LogP contribution in [-0.2, 0) is 14.2 Å². The monoisotopic (exact) mass is 470 g/mol. The van der Waals surface area contributed by atoms with Gasteiger partial charge < -0.3 is 14.2 Å². The number of allylic oxidation sites excluding steroid dienone is 1. The second-order valence-electron chi connectivity index (χ2n) is 10.9. The molecule has 5 heteroatoms. The van der Waals surface area contributed by atoms with Crippen LogP contribution in [0, 0.1) is 5.92 Å². The van der Waals surface area contributed by atoms with Crippen molar-refractivity contribution < 1.29 is 14.2 Å². The van der Waals surface area contributed by atoms with E-state index in [0.717, 1.165) is 18.6 Å². The van der Waals surface area contributed by atoms with Crippen LogP contribution in [0.5, 0.6) is 0 Å². The number of aliphatic imine (C=N–C) groups is 2. The minimum Gasteiger partial charge on any atom is -0.496 e. The lowest BCUT2D eigenvalue weighted by atomic mass is 10.0. The lowest BCUT2D eigenvalue weighted by molar-refractivity contribution is -0.0504. The van der Waals surface area contributed by atoms with Gasteiger partial charge in [0, 0.05) is 30.6 Å². The lowest BCUT2D eigenvalue weighted by Crippen LogP contribution is -2.30. The molecule has 0 rings (SSSR count). The predicted molar refractivity (Wildman–Crippen MR) is 148 cm³/mol. The summed E-state index contributed by atoms with van der Waals surface area (Å²) >= 11 is 0. The molecule has 0 aromatic heterocycles. The molecule has 5 nitrogen and oxygen atoms in total. The topological polar surface area (TPSA) is 52.4 Å². The molecule has 0 radical (unpaired) electrons. The molecule has 0 aliphatic rings. The smallest absolute Gasteiger partial charge is 0.170 e. The Labute approximate surface area is 207 Å². The molecule has 0 heterocycles. The maximum atomic E-state index is 5.81. The zero-order valence-corrected chi connectivity index (χ0v) is 24.8. The van der Waals surface area contributed by atoms with Gasteiger partial charge in [-0.3, -0.25) is 9.98 Å². The molecule has 0 aromatic carbocycles. The van der Waals surface area contributed by atoms with Crippen LogP contribution in [-0.4, -0.2) is 48.1 Å². The van der Waals surface area contributed by atoms with Crippen molar-refractivity contribution in [3.05, 3.63) is 12.3 Å². The average Bonchev–Trinajstić information content (AvgIpc) is 2.50. The largest absolute Gasteiger partial charge is 0.496 e. The number of ether oxygens (including phenoxy) is 3. The number of nitrogens with zero attached hydrogens (tertiary/aromatic N) is 2. The van der Waals surface area contributed by atoms with Crippen LogP contribution in [0.15, 0.2) is 22.3 Å². The van der Waals surface area contributed by atoms with Gasteiger partial charge in [0.1, 0.15) is 0 Å². The molecule has 0 bridgehead atoms. The van der Waals surface area contributed by atoms with Gasteiger partial charge in [0.15, 0.2) is 6.40 Å². The van der Waals surface area contributed by atoms with Crippen LogP contribution in [0.3, 0.4) is 0 Å². The predicted octanol–water partition coefficient (Wildman–Crippen LogP) is 8.27. The lowest BCUT2D eigenvalue weighted by Gasteiger charge is -2.27. The van der Waals surface area contributed by atoms with Crippen LogP contribution in [0.25, 0.3) is 0 Å². The molecular weight excluding hydrogens is 412 g/mol. The van der Waals surface area contributed by atoms with Gasteiger partial charge in [0.25, 0.3) is 0 Å². The summed E-state index contributed by atoms with van der Waals surface area (Å²) in [6, 6.07) is 0.716. The average molecular weight is 471 g/mol. The number of hydrogen-bond acceptors (Lipinski definition) is 5. The molecule has 198 valence electrons. The fourth-order valence-corrected chi connectivity index (χ4v) is 2.90. The molecule has 0 unspecified atom stereocenters. The molecule has 0 aliphatic heterocycles. The van der Waals surface area contributed by atoms with E-state index in [2.05, 4.69) is 78.9 Å². The fourth-order valence-electron chi connectivity index (χ4n) is 2.90. The van der Waals surface area contributed by atoms with Gasteiger partial charge in [0.2, 0.25) is 0 Å². The Morgan fingerprint density at radius 2 is 1.33 bits per heavy atom. The van der Waals surface area contributed by atoms with E-state index in [9.17, 15) is 0 Å². The maximum absolute atomic E-state index is 5.81. The summed E-state index contributed by atoms with van der Waals surface area (Å²) in [5.74, 6) is 1.55. The first-order valence-corrected chi connectivity index (χ1v) is 12.6. The van der Waals surface area contributed by atoms with E-state index in [0.29, 0.717) is 18.0 Å². The summed E-state index contributed by atoms with van der Waals surface area (Å²) in [5, 5.41) is 0. The van der Waals surface area contributed by atoms with E-state index in [1.165, 1.54) is 12.1 Å². The molecule has 0 atom stereocenters. The molecule has 0 aromatic rings. The van der Waals surface area contributed by atoms with E-state index in [1.807, 2.05) is 41.5 Å². The third-order valence-electron chi connectivity index (χ3n) is 3.45. The van der Waals surface area contributed by atoms with Gasteiger partial charge >= 0.3 is 0 Å². The fraction of sp³-hybridized carbons (Fsp3) is 0.857. The van der Waals surface area contributed by atoms with Crippen molar-refractivity contribution in [3.8, 4) is 0 Å². The Morgan fingerprint density at radius 3 is 1.67 bits per heavy atom. The SMILES string of the molecule is C=C(CC(C)C)OC(C)C.CC(C)N=COC(C)C.CC(CC(C)(C)OC(C)C)=NC(C)C. The van der Waals surface area contributed by atoms with Crippen molar-refractivity contribution in [3.63, 3.8) is 0 Å². The van der Waals surface area contributed by atoms with Crippen LogP contribution in [0.4, 0.5) is 0 Å². The Kier molecular flexibility index (Phi) is 22.0. The summed E-state index contributed by atoms with van der Waals surface area (Å²) in [6.07, 6.45) is 4.19. The molecule has 0 spiro atoms. The van der Waals surface area contributed by atoms with Gasteiger partial charge in [-0.15, -0.1) is 0 Å². The van der Waals surface area contributed by atoms with Gasteiger partial charge in [-0.25, -0.2) is 0 Å². The summed E-state index contributed by atoms with van der Waals surface area (Å²) < 4.78 is 16.2. The molecule has 33 heavy (non-hydrogen) atoms. The zero-order chi connectivity index (χ0) is 26.8. The number of hydrogen-bond donors (Lipinski definition) is 0. The van der Waals surface area contributed by atoms with Crippen LogP contribution >= 0.6 is 0 Å². The molecule has 0 N–H and O–H groups in total. The Bertz CT molecular complexity index is 519.